The van der Waals surface area contributed by atoms with Gasteiger partial charge in [-0.05, 0) is 47.9 Å². The molecule has 0 saturated heterocycles. The fraction of sp³-hybridized carbons (Fsp3) is 0.174. The molecule has 0 aliphatic carbocycles. The molecule has 0 unspecified atom stereocenters. The highest BCUT2D eigenvalue weighted by atomic mass is 19.4. The summed E-state index contributed by atoms with van der Waals surface area (Å²) in [6.07, 6.45) is 1.81. The Balaban J connectivity index is 1.62. The van der Waals surface area contributed by atoms with Crippen molar-refractivity contribution in [3.8, 4) is 0 Å². The second-order valence-electron chi connectivity index (χ2n) is 7.11. The van der Waals surface area contributed by atoms with Gasteiger partial charge in [0.15, 0.2) is 5.82 Å². The molecule has 0 aliphatic heterocycles. The van der Waals surface area contributed by atoms with Crippen molar-refractivity contribution >= 4 is 23.5 Å². The monoisotopic (exact) mass is 427 g/mol. The lowest BCUT2D eigenvalue weighted by atomic mass is 10.1. The number of nitrogens with zero attached hydrogens (tertiary/aromatic N) is 2. The van der Waals surface area contributed by atoms with Gasteiger partial charge in [0.05, 0.1) is 12.0 Å². The smallest absolute Gasteiger partial charge is 0.331 e. The van der Waals surface area contributed by atoms with Crippen molar-refractivity contribution in [1.82, 2.24) is 9.55 Å². The molecule has 31 heavy (non-hydrogen) atoms. The molecular weight excluding hydrogens is 407 g/mol. The number of allylic oxidation sites excluding steroid dienone is 1. The number of alkyl halides is 3. The number of hydrogen-bond acceptors (Lipinski definition) is 3. The number of rotatable bonds is 6. The van der Waals surface area contributed by atoms with E-state index in [0.717, 1.165) is 17.7 Å². The minimum atomic E-state index is -4.48. The molecule has 0 spiro atoms. The molecule has 1 aromatic heterocycles. The Morgan fingerprint density at radius 3 is 2.45 bits per heavy atom. The molecule has 5 nitrogen and oxygen atoms in total. The van der Waals surface area contributed by atoms with Gasteiger partial charge >= 0.3 is 6.18 Å². The lowest BCUT2D eigenvalue weighted by Crippen LogP contribution is -2.15. The highest BCUT2D eigenvalue weighted by molar-refractivity contribution is 6.04. The van der Waals surface area contributed by atoms with Crippen molar-refractivity contribution in [2.24, 2.45) is 7.05 Å². The number of aromatic nitrogens is 2. The molecule has 2 aromatic carbocycles. The van der Waals surface area contributed by atoms with Crippen LogP contribution in [0.5, 0.6) is 0 Å². The number of ketones is 1. The van der Waals surface area contributed by atoms with Crippen LogP contribution < -0.4 is 5.32 Å². The fourth-order valence-electron chi connectivity index (χ4n) is 3.01. The first-order chi connectivity index (χ1) is 14.6. The van der Waals surface area contributed by atoms with Crippen molar-refractivity contribution in [3.05, 3.63) is 89.0 Å². The number of anilines is 1. The van der Waals surface area contributed by atoms with Gasteiger partial charge in [-0.15, -0.1) is 0 Å². The number of imidazole rings is 1. The first-order valence-corrected chi connectivity index (χ1v) is 9.39. The van der Waals surface area contributed by atoms with Gasteiger partial charge in [0, 0.05) is 25.1 Å². The second-order valence-corrected chi connectivity index (χ2v) is 7.11. The molecule has 1 amide bonds. The Morgan fingerprint density at radius 1 is 1.13 bits per heavy atom. The molecule has 0 saturated carbocycles. The van der Waals surface area contributed by atoms with Crippen LogP contribution >= 0.6 is 0 Å². The zero-order chi connectivity index (χ0) is 22.6. The van der Waals surface area contributed by atoms with Crippen LogP contribution in [-0.2, 0) is 24.4 Å². The van der Waals surface area contributed by atoms with E-state index in [1.54, 1.807) is 54.3 Å². The summed E-state index contributed by atoms with van der Waals surface area (Å²) in [6, 6.07) is 10.4. The summed E-state index contributed by atoms with van der Waals surface area (Å²) in [5.74, 6) is -0.325. The van der Waals surface area contributed by atoms with Crippen LogP contribution in [0.3, 0.4) is 0 Å². The van der Waals surface area contributed by atoms with Crippen LogP contribution in [-0.4, -0.2) is 21.2 Å². The van der Waals surface area contributed by atoms with Crippen LogP contribution in [0.25, 0.3) is 6.08 Å². The van der Waals surface area contributed by atoms with E-state index in [2.05, 4.69) is 10.3 Å². The zero-order valence-corrected chi connectivity index (χ0v) is 16.9. The van der Waals surface area contributed by atoms with Gasteiger partial charge in [-0.1, -0.05) is 30.3 Å². The molecule has 0 bridgehead atoms. The number of hydrogen-bond donors (Lipinski definition) is 1. The highest BCUT2D eigenvalue weighted by Gasteiger charge is 2.31. The maximum Gasteiger partial charge on any atom is 0.416 e. The molecule has 0 fully saturated rings. The van der Waals surface area contributed by atoms with E-state index in [-0.39, 0.29) is 17.9 Å². The van der Waals surface area contributed by atoms with E-state index in [9.17, 15) is 22.8 Å². The van der Waals surface area contributed by atoms with Crippen LogP contribution in [0.4, 0.5) is 18.9 Å². The van der Waals surface area contributed by atoms with Gasteiger partial charge in [0.25, 0.3) is 0 Å². The minimum absolute atomic E-state index is 0.00544. The van der Waals surface area contributed by atoms with Crippen LogP contribution in [0.2, 0.25) is 0 Å². The van der Waals surface area contributed by atoms with Gasteiger partial charge in [-0.25, -0.2) is 4.98 Å². The Kier molecular flexibility index (Phi) is 6.39. The maximum absolute atomic E-state index is 12.9. The Labute approximate surface area is 177 Å². The molecule has 3 aromatic rings. The predicted octanol–water partition coefficient (Wildman–Crippen LogP) is 4.82. The van der Waals surface area contributed by atoms with Gasteiger partial charge in [-0.2, -0.15) is 13.2 Å². The average Bonchev–Trinajstić information content (AvgIpc) is 3.12. The SMILES string of the molecule is Cc1cc(NC(=O)Cc2ccc(/C=C/C(=O)c3nccn3C)cc2)cc(C(F)(F)F)c1. The number of carbonyl (C=O) groups excluding carboxylic acids is 2. The number of halogens is 3. The number of nitrogens with one attached hydrogen (secondary N) is 1. The van der Waals surface area contributed by atoms with E-state index < -0.39 is 17.6 Å². The zero-order valence-electron chi connectivity index (χ0n) is 16.9. The molecule has 1 heterocycles. The first-order valence-electron chi connectivity index (χ1n) is 9.39. The fourth-order valence-corrected chi connectivity index (χ4v) is 3.01. The topological polar surface area (TPSA) is 64.0 Å². The van der Waals surface area contributed by atoms with Gasteiger partial charge < -0.3 is 9.88 Å². The van der Waals surface area contributed by atoms with Crippen molar-refractivity contribution in [2.45, 2.75) is 19.5 Å². The highest BCUT2D eigenvalue weighted by Crippen LogP contribution is 2.31. The molecule has 160 valence electrons. The number of carbonyl (C=O) groups is 2. The van der Waals surface area contributed by atoms with E-state index >= 15 is 0 Å². The molecular formula is C23H20F3N3O2. The van der Waals surface area contributed by atoms with E-state index in [0.29, 0.717) is 17.0 Å². The molecule has 8 heteroatoms. The van der Waals surface area contributed by atoms with Gasteiger partial charge in [-0.3, -0.25) is 9.59 Å². The van der Waals surface area contributed by atoms with Gasteiger partial charge in [0.1, 0.15) is 0 Å². The summed E-state index contributed by atoms with van der Waals surface area (Å²) in [5.41, 5.74) is 1.15. The second kappa shape index (κ2) is 8.99. The normalized spacial score (nSPS) is 11.6. The Hall–Kier alpha value is -3.68. The summed E-state index contributed by atoms with van der Waals surface area (Å²) in [6.45, 7) is 1.54. The molecule has 0 atom stereocenters. The number of amides is 1. The lowest BCUT2D eigenvalue weighted by molar-refractivity contribution is -0.137. The summed E-state index contributed by atoms with van der Waals surface area (Å²) in [4.78, 5) is 28.3. The summed E-state index contributed by atoms with van der Waals surface area (Å²) in [7, 11) is 1.73. The summed E-state index contributed by atoms with van der Waals surface area (Å²) < 4.78 is 40.4. The summed E-state index contributed by atoms with van der Waals surface area (Å²) >= 11 is 0. The van der Waals surface area contributed by atoms with Crippen LogP contribution in [0.1, 0.15) is 32.9 Å². The molecule has 0 radical (unpaired) electrons. The third-order valence-corrected chi connectivity index (χ3v) is 4.50. The van der Waals surface area contributed by atoms with E-state index in [1.165, 1.54) is 19.1 Å². The van der Waals surface area contributed by atoms with Crippen molar-refractivity contribution in [2.75, 3.05) is 5.32 Å². The minimum Gasteiger partial charge on any atom is -0.331 e. The predicted molar refractivity (Wildman–Crippen MR) is 112 cm³/mol. The van der Waals surface area contributed by atoms with Gasteiger partial charge in [0.2, 0.25) is 11.7 Å². The standard InChI is InChI=1S/C23H20F3N3O2/c1-15-11-18(23(24,25)26)14-19(12-15)28-21(31)13-17-5-3-16(4-6-17)7-8-20(30)22-27-9-10-29(22)2/h3-12,14H,13H2,1-2H3,(H,28,31)/b8-7+. The lowest BCUT2D eigenvalue weighted by Gasteiger charge is -2.11. The largest absolute Gasteiger partial charge is 0.416 e. The average molecular weight is 427 g/mol. The van der Waals surface area contributed by atoms with E-state index in [4.69, 9.17) is 0 Å². The first kappa shape index (κ1) is 22.0. The quantitative estimate of drug-likeness (QED) is 0.453. The van der Waals surface area contributed by atoms with Crippen molar-refractivity contribution < 1.29 is 22.8 Å². The maximum atomic E-state index is 12.9. The third-order valence-electron chi connectivity index (χ3n) is 4.50. The molecule has 0 aliphatic rings. The van der Waals surface area contributed by atoms with E-state index in [1.807, 2.05) is 0 Å². The molecule has 1 N–H and O–H groups in total. The van der Waals surface area contributed by atoms with Crippen LogP contribution in [0.15, 0.2) is 60.9 Å². The number of aryl methyl sites for hydroxylation is 2. The Morgan fingerprint density at radius 2 is 1.84 bits per heavy atom. The summed E-state index contributed by atoms with van der Waals surface area (Å²) in [5, 5.41) is 2.51. The van der Waals surface area contributed by atoms with Crippen LogP contribution in [0, 0.1) is 6.92 Å². The number of benzene rings is 2. The Bertz CT molecular complexity index is 1130. The molecule has 3 rings (SSSR count). The van der Waals surface area contributed by atoms with Crippen molar-refractivity contribution in [3.63, 3.8) is 0 Å². The van der Waals surface area contributed by atoms with Crippen molar-refractivity contribution in [1.29, 1.82) is 0 Å². The third kappa shape index (κ3) is 5.91.